The van der Waals surface area contributed by atoms with E-state index in [1.807, 2.05) is 24.3 Å². The van der Waals surface area contributed by atoms with Gasteiger partial charge >= 0.3 is 5.97 Å². The van der Waals surface area contributed by atoms with Gasteiger partial charge in [0.1, 0.15) is 6.61 Å². The van der Waals surface area contributed by atoms with Crippen molar-refractivity contribution in [3.05, 3.63) is 34.9 Å². The van der Waals surface area contributed by atoms with Crippen molar-refractivity contribution < 1.29 is 9.53 Å². The lowest BCUT2D eigenvalue weighted by molar-refractivity contribution is -0.143. The van der Waals surface area contributed by atoms with Crippen molar-refractivity contribution in [3.63, 3.8) is 0 Å². The standard InChI is InChI=1S/C13H13ClN2O2/c14-12-4-1-10(2-5-12)3-6-13(17)18-9-11-7-15-16-8-11/h1-2,4-5,7-8,11H,3,6,9H2. The highest BCUT2D eigenvalue weighted by Gasteiger charge is 2.10. The predicted molar refractivity (Wildman–Crippen MR) is 71.2 cm³/mol. The van der Waals surface area contributed by atoms with Crippen molar-refractivity contribution in [3.8, 4) is 0 Å². The third-order valence-electron chi connectivity index (χ3n) is 2.55. The van der Waals surface area contributed by atoms with Gasteiger partial charge in [0.05, 0.1) is 5.92 Å². The van der Waals surface area contributed by atoms with Crippen molar-refractivity contribution in [2.24, 2.45) is 16.1 Å². The first-order valence-electron chi connectivity index (χ1n) is 5.71. The number of hydrogen-bond donors (Lipinski definition) is 0. The summed E-state index contributed by atoms with van der Waals surface area (Å²) in [5.41, 5.74) is 1.07. The van der Waals surface area contributed by atoms with Crippen LogP contribution in [0.2, 0.25) is 5.02 Å². The molecule has 1 heterocycles. The van der Waals surface area contributed by atoms with Crippen LogP contribution in [-0.2, 0) is 16.0 Å². The van der Waals surface area contributed by atoms with Gasteiger partial charge in [-0.15, -0.1) is 0 Å². The lowest BCUT2D eigenvalue weighted by Gasteiger charge is -2.06. The molecule has 1 aromatic carbocycles. The van der Waals surface area contributed by atoms with Crippen molar-refractivity contribution in [2.45, 2.75) is 12.8 Å². The second-order valence-corrected chi connectivity index (χ2v) is 4.44. The van der Waals surface area contributed by atoms with Crippen LogP contribution in [0.15, 0.2) is 34.5 Å². The van der Waals surface area contributed by atoms with Gasteiger partial charge in [0, 0.05) is 23.9 Å². The predicted octanol–water partition coefficient (Wildman–Crippen LogP) is 2.50. The Bertz CT molecular complexity index is 456. The van der Waals surface area contributed by atoms with E-state index in [1.54, 1.807) is 12.4 Å². The molecule has 0 radical (unpaired) electrons. The van der Waals surface area contributed by atoms with E-state index in [4.69, 9.17) is 16.3 Å². The zero-order valence-corrected chi connectivity index (χ0v) is 10.5. The number of aryl methyl sites for hydroxylation is 1. The highest BCUT2D eigenvalue weighted by atomic mass is 35.5. The maximum Gasteiger partial charge on any atom is 0.306 e. The highest BCUT2D eigenvalue weighted by molar-refractivity contribution is 6.30. The second kappa shape index (κ2) is 6.31. The summed E-state index contributed by atoms with van der Waals surface area (Å²) in [6, 6.07) is 7.44. The van der Waals surface area contributed by atoms with E-state index >= 15 is 0 Å². The molecule has 5 heteroatoms. The third kappa shape index (κ3) is 3.96. The van der Waals surface area contributed by atoms with Crippen molar-refractivity contribution in [1.82, 2.24) is 0 Å². The average molecular weight is 265 g/mol. The van der Waals surface area contributed by atoms with E-state index in [9.17, 15) is 4.79 Å². The molecule has 0 saturated heterocycles. The molecule has 0 aromatic heterocycles. The SMILES string of the molecule is O=C(CCc1ccc(Cl)cc1)OCC1C=NN=C1. The molecule has 0 aliphatic carbocycles. The third-order valence-corrected chi connectivity index (χ3v) is 2.80. The van der Waals surface area contributed by atoms with Crippen molar-refractivity contribution >= 4 is 30.0 Å². The van der Waals surface area contributed by atoms with Crippen LogP contribution < -0.4 is 0 Å². The van der Waals surface area contributed by atoms with E-state index < -0.39 is 0 Å². The number of nitrogens with zero attached hydrogens (tertiary/aromatic N) is 2. The fourth-order valence-corrected chi connectivity index (χ4v) is 1.66. The lowest BCUT2D eigenvalue weighted by atomic mass is 10.1. The maximum atomic E-state index is 11.5. The molecule has 0 bridgehead atoms. The van der Waals surface area contributed by atoms with E-state index in [0.717, 1.165) is 5.56 Å². The van der Waals surface area contributed by atoms with Crippen LogP contribution in [0, 0.1) is 5.92 Å². The molecule has 2 rings (SSSR count). The van der Waals surface area contributed by atoms with Crippen LogP contribution >= 0.6 is 11.6 Å². The summed E-state index contributed by atoms with van der Waals surface area (Å²) in [6.07, 6.45) is 4.34. The first-order chi connectivity index (χ1) is 8.74. The van der Waals surface area contributed by atoms with E-state index in [2.05, 4.69) is 10.2 Å². The normalized spacial score (nSPS) is 14.1. The summed E-state index contributed by atoms with van der Waals surface area (Å²) in [6.45, 7) is 0.312. The number of esters is 1. The summed E-state index contributed by atoms with van der Waals surface area (Å²) in [5.74, 6) is -0.192. The molecule has 1 aliphatic heterocycles. The molecular formula is C13H13ClN2O2. The minimum atomic E-state index is -0.210. The van der Waals surface area contributed by atoms with Gasteiger partial charge in [-0.1, -0.05) is 23.7 Å². The van der Waals surface area contributed by atoms with Crippen LogP contribution in [0.5, 0.6) is 0 Å². The minimum Gasteiger partial charge on any atom is -0.465 e. The van der Waals surface area contributed by atoms with Gasteiger partial charge < -0.3 is 4.74 Å². The Balaban J connectivity index is 1.69. The Morgan fingerprint density at radius 1 is 1.22 bits per heavy atom. The van der Waals surface area contributed by atoms with E-state index in [1.165, 1.54) is 0 Å². The number of carbonyl (C=O) groups is 1. The Morgan fingerprint density at radius 2 is 1.89 bits per heavy atom. The van der Waals surface area contributed by atoms with Crippen LogP contribution in [0.3, 0.4) is 0 Å². The molecule has 0 saturated carbocycles. The van der Waals surface area contributed by atoms with Gasteiger partial charge in [-0.2, -0.15) is 10.2 Å². The molecule has 4 nitrogen and oxygen atoms in total. The summed E-state index contributed by atoms with van der Waals surface area (Å²) < 4.78 is 5.12. The van der Waals surface area contributed by atoms with Crippen LogP contribution in [0.1, 0.15) is 12.0 Å². The summed E-state index contributed by atoms with van der Waals surface area (Å²) in [4.78, 5) is 11.5. The quantitative estimate of drug-likeness (QED) is 0.767. The molecule has 0 N–H and O–H groups in total. The first kappa shape index (κ1) is 12.8. The zero-order chi connectivity index (χ0) is 12.8. The lowest BCUT2D eigenvalue weighted by Crippen LogP contribution is -2.15. The first-order valence-corrected chi connectivity index (χ1v) is 6.08. The van der Waals surface area contributed by atoms with Gasteiger partial charge in [-0.25, -0.2) is 0 Å². The zero-order valence-electron chi connectivity index (χ0n) is 9.75. The smallest absolute Gasteiger partial charge is 0.306 e. The molecule has 0 atom stereocenters. The average Bonchev–Trinajstić information content (AvgIpc) is 2.89. The molecule has 18 heavy (non-hydrogen) atoms. The number of benzene rings is 1. The number of halogens is 1. The Hall–Kier alpha value is -1.68. The number of carbonyl (C=O) groups excluding carboxylic acids is 1. The second-order valence-electron chi connectivity index (χ2n) is 4.00. The fraction of sp³-hybridized carbons (Fsp3) is 0.308. The molecule has 0 unspecified atom stereocenters. The molecular weight excluding hydrogens is 252 g/mol. The number of rotatable bonds is 5. The summed E-state index contributed by atoms with van der Waals surface area (Å²) in [7, 11) is 0. The minimum absolute atomic E-state index is 0.0180. The van der Waals surface area contributed by atoms with E-state index in [0.29, 0.717) is 24.5 Å². The summed E-state index contributed by atoms with van der Waals surface area (Å²) in [5, 5.41) is 8.07. The van der Waals surface area contributed by atoms with Gasteiger partial charge in [-0.05, 0) is 24.1 Å². The van der Waals surface area contributed by atoms with Crippen LogP contribution in [0.25, 0.3) is 0 Å². The number of hydrogen-bond acceptors (Lipinski definition) is 4. The highest BCUT2D eigenvalue weighted by Crippen LogP contribution is 2.11. The molecule has 1 aromatic rings. The number of ether oxygens (including phenoxy) is 1. The molecule has 1 aliphatic rings. The van der Waals surface area contributed by atoms with Crippen molar-refractivity contribution in [2.75, 3.05) is 6.61 Å². The van der Waals surface area contributed by atoms with Gasteiger partial charge in [0.25, 0.3) is 0 Å². The molecule has 0 amide bonds. The van der Waals surface area contributed by atoms with Crippen LogP contribution in [0.4, 0.5) is 0 Å². The maximum absolute atomic E-state index is 11.5. The largest absolute Gasteiger partial charge is 0.465 e. The van der Waals surface area contributed by atoms with Gasteiger partial charge in [-0.3, -0.25) is 4.79 Å². The van der Waals surface area contributed by atoms with Crippen molar-refractivity contribution in [1.29, 1.82) is 0 Å². The Labute approximate surface area is 110 Å². The molecule has 0 fully saturated rings. The molecule has 94 valence electrons. The fourth-order valence-electron chi connectivity index (χ4n) is 1.53. The monoisotopic (exact) mass is 264 g/mol. The van der Waals surface area contributed by atoms with E-state index in [-0.39, 0.29) is 11.9 Å². The van der Waals surface area contributed by atoms with Crippen LogP contribution in [-0.4, -0.2) is 25.0 Å². The van der Waals surface area contributed by atoms with Gasteiger partial charge in [0.15, 0.2) is 0 Å². The Morgan fingerprint density at radius 3 is 2.56 bits per heavy atom. The summed E-state index contributed by atoms with van der Waals surface area (Å²) >= 11 is 5.78. The Kier molecular flexibility index (Phi) is 4.47. The topological polar surface area (TPSA) is 51.0 Å². The molecule has 0 spiro atoms. The van der Waals surface area contributed by atoms with Gasteiger partial charge in [0.2, 0.25) is 0 Å².